The SMILES string of the molecule is CC(C(=O)N1CCCCC1)N1CCCC(CNC(=O)C2CCCN2)C1. The zero-order chi connectivity index (χ0) is 17.6. The molecule has 3 heterocycles. The maximum absolute atomic E-state index is 12.8. The Morgan fingerprint density at radius 3 is 2.60 bits per heavy atom. The molecular weight excluding hydrogens is 316 g/mol. The molecule has 0 bridgehead atoms. The molecule has 0 aromatic carbocycles. The van der Waals surface area contributed by atoms with Crippen molar-refractivity contribution in [1.82, 2.24) is 20.4 Å². The largest absolute Gasteiger partial charge is 0.354 e. The van der Waals surface area contributed by atoms with Crippen molar-refractivity contribution in [2.24, 2.45) is 5.92 Å². The third kappa shape index (κ3) is 4.94. The van der Waals surface area contributed by atoms with Crippen LogP contribution >= 0.6 is 0 Å². The number of piperidine rings is 2. The molecule has 0 aromatic rings. The maximum Gasteiger partial charge on any atom is 0.239 e. The molecule has 0 aliphatic carbocycles. The van der Waals surface area contributed by atoms with E-state index >= 15 is 0 Å². The third-order valence-corrected chi connectivity index (χ3v) is 6.07. The molecule has 2 amide bonds. The number of carbonyl (C=O) groups is 2. The minimum atomic E-state index is -0.0342. The average molecular weight is 351 g/mol. The fraction of sp³-hybridized carbons (Fsp3) is 0.895. The minimum Gasteiger partial charge on any atom is -0.354 e. The molecule has 0 radical (unpaired) electrons. The first-order valence-corrected chi connectivity index (χ1v) is 10.2. The lowest BCUT2D eigenvalue weighted by Crippen LogP contribution is -2.52. The molecule has 3 aliphatic heterocycles. The summed E-state index contributed by atoms with van der Waals surface area (Å²) in [5.41, 5.74) is 0. The second-order valence-corrected chi connectivity index (χ2v) is 7.96. The summed E-state index contributed by atoms with van der Waals surface area (Å²) in [6.45, 7) is 7.49. The van der Waals surface area contributed by atoms with Crippen LogP contribution in [-0.4, -0.2) is 73.0 Å². The molecular formula is C19H34N4O2. The number of hydrogen-bond donors (Lipinski definition) is 2. The number of rotatable bonds is 5. The molecule has 25 heavy (non-hydrogen) atoms. The molecule has 142 valence electrons. The van der Waals surface area contributed by atoms with Crippen molar-refractivity contribution >= 4 is 11.8 Å². The summed E-state index contributed by atoms with van der Waals surface area (Å²) in [5, 5.41) is 6.37. The summed E-state index contributed by atoms with van der Waals surface area (Å²) in [7, 11) is 0. The fourth-order valence-electron chi connectivity index (χ4n) is 4.43. The highest BCUT2D eigenvalue weighted by Gasteiger charge is 2.31. The van der Waals surface area contributed by atoms with Gasteiger partial charge in [0.2, 0.25) is 11.8 Å². The molecule has 3 atom stereocenters. The van der Waals surface area contributed by atoms with Crippen LogP contribution in [-0.2, 0) is 9.59 Å². The smallest absolute Gasteiger partial charge is 0.239 e. The Bertz CT molecular complexity index is 458. The van der Waals surface area contributed by atoms with E-state index in [9.17, 15) is 9.59 Å². The summed E-state index contributed by atoms with van der Waals surface area (Å²) >= 11 is 0. The molecule has 6 nitrogen and oxygen atoms in total. The van der Waals surface area contributed by atoms with Gasteiger partial charge in [0.25, 0.3) is 0 Å². The lowest BCUT2D eigenvalue weighted by Gasteiger charge is -2.39. The first-order valence-electron chi connectivity index (χ1n) is 10.2. The number of likely N-dealkylation sites (tertiary alicyclic amines) is 2. The predicted octanol–water partition coefficient (Wildman–Crippen LogP) is 0.968. The van der Waals surface area contributed by atoms with Gasteiger partial charge in [0, 0.05) is 26.2 Å². The van der Waals surface area contributed by atoms with Gasteiger partial charge in [-0.25, -0.2) is 0 Å². The summed E-state index contributed by atoms with van der Waals surface area (Å²) in [5.74, 6) is 0.891. The Hall–Kier alpha value is -1.14. The van der Waals surface area contributed by atoms with Crippen LogP contribution in [0.1, 0.15) is 51.9 Å². The Balaban J connectivity index is 1.45. The molecule has 3 saturated heterocycles. The topological polar surface area (TPSA) is 64.7 Å². The van der Waals surface area contributed by atoms with Gasteiger partial charge in [-0.2, -0.15) is 0 Å². The maximum atomic E-state index is 12.8. The first kappa shape index (κ1) is 18.6. The number of carbonyl (C=O) groups excluding carboxylic acids is 2. The summed E-state index contributed by atoms with van der Waals surface area (Å²) in [6.07, 6.45) is 7.82. The van der Waals surface area contributed by atoms with Gasteiger partial charge in [-0.15, -0.1) is 0 Å². The highest BCUT2D eigenvalue weighted by Crippen LogP contribution is 2.20. The lowest BCUT2D eigenvalue weighted by molar-refractivity contribution is -0.138. The van der Waals surface area contributed by atoms with Crippen molar-refractivity contribution in [3.8, 4) is 0 Å². The van der Waals surface area contributed by atoms with Gasteiger partial charge in [-0.3, -0.25) is 14.5 Å². The molecule has 0 spiro atoms. The Kier molecular flexibility index (Phi) is 6.70. The van der Waals surface area contributed by atoms with Crippen LogP contribution in [0.3, 0.4) is 0 Å². The van der Waals surface area contributed by atoms with E-state index in [2.05, 4.69) is 22.5 Å². The van der Waals surface area contributed by atoms with Crippen molar-refractivity contribution in [1.29, 1.82) is 0 Å². The standard InChI is InChI=1S/C19H34N4O2/c1-15(19(25)22-10-3-2-4-11-22)23-12-6-7-16(14-23)13-21-18(24)17-8-5-9-20-17/h15-17,20H,2-14H2,1H3,(H,21,24). The van der Waals surface area contributed by atoms with E-state index in [1.165, 1.54) is 6.42 Å². The molecule has 2 N–H and O–H groups in total. The van der Waals surface area contributed by atoms with Crippen LogP contribution in [0, 0.1) is 5.92 Å². The Labute approximate surface area is 151 Å². The number of nitrogens with one attached hydrogen (secondary N) is 2. The monoisotopic (exact) mass is 350 g/mol. The van der Waals surface area contributed by atoms with Crippen molar-refractivity contribution in [2.75, 3.05) is 39.3 Å². The van der Waals surface area contributed by atoms with Gasteiger partial charge >= 0.3 is 0 Å². The van der Waals surface area contributed by atoms with Gasteiger partial charge in [0.05, 0.1) is 12.1 Å². The summed E-state index contributed by atoms with van der Waals surface area (Å²) in [4.78, 5) is 29.3. The van der Waals surface area contributed by atoms with E-state index in [4.69, 9.17) is 0 Å². The van der Waals surface area contributed by atoms with Gasteiger partial charge in [-0.05, 0) is 70.9 Å². The van der Waals surface area contributed by atoms with Crippen LogP contribution in [0.15, 0.2) is 0 Å². The molecule has 3 aliphatic rings. The lowest BCUT2D eigenvalue weighted by atomic mass is 9.96. The van der Waals surface area contributed by atoms with Gasteiger partial charge in [0.15, 0.2) is 0 Å². The molecule has 3 fully saturated rings. The van der Waals surface area contributed by atoms with E-state index in [0.29, 0.717) is 11.8 Å². The Morgan fingerprint density at radius 2 is 1.88 bits per heavy atom. The Morgan fingerprint density at radius 1 is 1.08 bits per heavy atom. The first-order chi connectivity index (χ1) is 12.1. The van der Waals surface area contributed by atoms with Crippen molar-refractivity contribution < 1.29 is 9.59 Å². The van der Waals surface area contributed by atoms with Crippen LogP contribution in [0.5, 0.6) is 0 Å². The minimum absolute atomic E-state index is 0.000651. The summed E-state index contributed by atoms with van der Waals surface area (Å²) < 4.78 is 0. The van der Waals surface area contributed by atoms with Crippen LogP contribution in [0.2, 0.25) is 0 Å². The van der Waals surface area contributed by atoms with E-state index in [-0.39, 0.29) is 18.0 Å². The number of nitrogens with zero attached hydrogens (tertiary/aromatic N) is 2. The predicted molar refractivity (Wildman–Crippen MR) is 98.2 cm³/mol. The van der Waals surface area contributed by atoms with Gasteiger partial charge in [-0.1, -0.05) is 0 Å². The molecule has 3 rings (SSSR count). The second-order valence-electron chi connectivity index (χ2n) is 7.96. The van der Waals surface area contributed by atoms with Crippen molar-refractivity contribution in [2.45, 2.75) is 64.0 Å². The summed E-state index contributed by atoms with van der Waals surface area (Å²) in [6, 6.07) is -0.0348. The molecule has 0 aromatic heterocycles. The highest BCUT2D eigenvalue weighted by molar-refractivity contribution is 5.82. The third-order valence-electron chi connectivity index (χ3n) is 6.07. The van der Waals surface area contributed by atoms with Crippen LogP contribution in [0.4, 0.5) is 0 Å². The van der Waals surface area contributed by atoms with E-state index in [1.54, 1.807) is 0 Å². The van der Waals surface area contributed by atoms with Crippen molar-refractivity contribution in [3.63, 3.8) is 0 Å². The van der Waals surface area contributed by atoms with Gasteiger partial charge < -0.3 is 15.5 Å². The normalized spacial score (nSPS) is 29.4. The van der Waals surface area contributed by atoms with Crippen molar-refractivity contribution in [3.05, 3.63) is 0 Å². The zero-order valence-corrected chi connectivity index (χ0v) is 15.6. The average Bonchev–Trinajstić information content (AvgIpc) is 3.21. The van der Waals surface area contributed by atoms with E-state index < -0.39 is 0 Å². The molecule has 3 unspecified atom stereocenters. The van der Waals surface area contributed by atoms with Crippen LogP contribution in [0.25, 0.3) is 0 Å². The number of hydrogen-bond acceptors (Lipinski definition) is 4. The molecule has 6 heteroatoms. The molecule has 0 saturated carbocycles. The van der Waals surface area contributed by atoms with E-state index in [1.807, 2.05) is 4.90 Å². The van der Waals surface area contributed by atoms with E-state index in [0.717, 1.165) is 77.8 Å². The van der Waals surface area contributed by atoms with Gasteiger partial charge in [0.1, 0.15) is 0 Å². The number of amides is 2. The zero-order valence-electron chi connectivity index (χ0n) is 15.6. The quantitative estimate of drug-likeness (QED) is 0.775. The highest BCUT2D eigenvalue weighted by atomic mass is 16.2. The second kappa shape index (κ2) is 8.99. The van der Waals surface area contributed by atoms with Crippen LogP contribution < -0.4 is 10.6 Å². The fourth-order valence-corrected chi connectivity index (χ4v) is 4.43.